The predicted molar refractivity (Wildman–Crippen MR) is 77.5 cm³/mol. The third-order valence-electron chi connectivity index (χ3n) is 3.69. The number of ether oxygens (including phenoxy) is 1. The maximum absolute atomic E-state index is 11.7. The number of rotatable bonds is 6. The maximum atomic E-state index is 11.7. The van der Waals surface area contributed by atoms with E-state index in [0.717, 1.165) is 12.8 Å². The van der Waals surface area contributed by atoms with Crippen LogP contribution in [0.15, 0.2) is 24.3 Å². The lowest BCUT2D eigenvalue weighted by molar-refractivity contribution is 0.0206. The lowest BCUT2D eigenvalue weighted by atomic mass is 9.89. The molecule has 0 atom stereocenters. The Labute approximate surface area is 123 Å². The van der Waals surface area contributed by atoms with Crippen LogP contribution in [-0.4, -0.2) is 42.9 Å². The van der Waals surface area contributed by atoms with Gasteiger partial charge < -0.3 is 20.5 Å². The fourth-order valence-electron chi connectivity index (χ4n) is 2.37. The van der Waals surface area contributed by atoms with Crippen LogP contribution < -0.4 is 10.6 Å². The van der Waals surface area contributed by atoms with E-state index in [9.17, 15) is 9.59 Å². The van der Waals surface area contributed by atoms with Gasteiger partial charge in [-0.25, -0.2) is 9.59 Å². The molecule has 1 aliphatic carbocycles. The third-order valence-corrected chi connectivity index (χ3v) is 3.69. The van der Waals surface area contributed by atoms with Crippen LogP contribution in [0.25, 0.3) is 0 Å². The summed E-state index contributed by atoms with van der Waals surface area (Å²) in [6.45, 7) is 0.399. The van der Waals surface area contributed by atoms with Crippen molar-refractivity contribution in [3.8, 4) is 0 Å². The minimum Gasteiger partial charge on any atom is -0.478 e. The molecule has 1 saturated carbocycles. The number of hydrogen-bond acceptors (Lipinski definition) is 3. The Hall–Kier alpha value is -2.08. The summed E-state index contributed by atoms with van der Waals surface area (Å²) < 4.78 is 5.15. The molecule has 0 saturated heterocycles. The molecule has 0 heterocycles. The second kappa shape index (κ2) is 7.08. The number of amides is 2. The number of urea groups is 1. The number of carboxylic acid groups (broad SMARTS) is 1. The van der Waals surface area contributed by atoms with Gasteiger partial charge in [0, 0.05) is 19.7 Å². The normalized spacial score (nSPS) is 20.4. The van der Waals surface area contributed by atoms with Crippen LogP contribution in [0.4, 0.5) is 4.79 Å². The molecule has 0 unspecified atom stereocenters. The highest BCUT2D eigenvalue weighted by Gasteiger charge is 2.29. The summed E-state index contributed by atoms with van der Waals surface area (Å²) in [6, 6.07) is 6.76. The fraction of sp³-hybridized carbons (Fsp3) is 0.467. The number of carboxylic acids is 1. The van der Waals surface area contributed by atoms with Gasteiger partial charge in [-0.3, -0.25) is 0 Å². The van der Waals surface area contributed by atoms with Crippen molar-refractivity contribution in [1.82, 2.24) is 10.6 Å². The quantitative estimate of drug-likeness (QED) is 0.739. The Bertz CT molecular complexity index is 512. The first kappa shape index (κ1) is 15.3. The molecule has 0 bridgehead atoms. The van der Waals surface area contributed by atoms with Gasteiger partial charge in [0.2, 0.25) is 0 Å². The molecular weight excluding hydrogens is 272 g/mol. The lowest BCUT2D eigenvalue weighted by Crippen LogP contribution is -2.50. The van der Waals surface area contributed by atoms with Crippen molar-refractivity contribution in [2.45, 2.75) is 31.4 Å². The molecule has 6 heteroatoms. The molecule has 6 nitrogen and oxygen atoms in total. The highest BCUT2D eigenvalue weighted by Crippen LogP contribution is 2.22. The summed E-state index contributed by atoms with van der Waals surface area (Å²) in [4.78, 5) is 22.7. The zero-order chi connectivity index (χ0) is 15.2. The number of carbonyl (C=O) groups is 2. The molecule has 3 N–H and O–H groups in total. The van der Waals surface area contributed by atoms with Crippen molar-refractivity contribution in [3.05, 3.63) is 35.4 Å². The van der Waals surface area contributed by atoms with Gasteiger partial charge >= 0.3 is 12.0 Å². The number of nitrogens with one attached hydrogen (secondary N) is 2. The van der Waals surface area contributed by atoms with E-state index < -0.39 is 5.97 Å². The van der Waals surface area contributed by atoms with E-state index in [1.807, 2.05) is 0 Å². The minimum atomic E-state index is -0.949. The molecule has 1 fully saturated rings. The van der Waals surface area contributed by atoms with Gasteiger partial charge in [-0.05, 0) is 30.9 Å². The van der Waals surface area contributed by atoms with Crippen LogP contribution in [0.3, 0.4) is 0 Å². The summed E-state index contributed by atoms with van der Waals surface area (Å²) in [5.41, 5.74) is 0.995. The molecule has 1 aromatic rings. The first-order chi connectivity index (χ1) is 10.1. The standard InChI is InChI=1S/C15H20N2O4/c1-21-12-8-11(9-12)17-15(20)16-7-6-10-4-2-3-5-13(10)14(18)19/h2-5,11-12H,6-9H2,1H3,(H,18,19)(H2,16,17,20). The van der Waals surface area contributed by atoms with E-state index in [2.05, 4.69) is 10.6 Å². The van der Waals surface area contributed by atoms with Crippen LogP contribution in [0.5, 0.6) is 0 Å². The Morgan fingerprint density at radius 3 is 2.71 bits per heavy atom. The van der Waals surface area contributed by atoms with Crippen LogP contribution in [0.2, 0.25) is 0 Å². The largest absolute Gasteiger partial charge is 0.478 e. The van der Waals surface area contributed by atoms with Crippen molar-refractivity contribution in [2.75, 3.05) is 13.7 Å². The van der Waals surface area contributed by atoms with E-state index in [-0.39, 0.29) is 23.7 Å². The van der Waals surface area contributed by atoms with Gasteiger partial charge in [0.25, 0.3) is 0 Å². The zero-order valence-corrected chi connectivity index (χ0v) is 12.0. The molecule has 114 valence electrons. The zero-order valence-electron chi connectivity index (χ0n) is 12.0. The molecule has 21 heavy (non-hydrogen) atoms. The molecule has 0 radical (unpaired) electrons. The van der Waals surface area contributed by atoms with Gasteiger partial charge in [0.1, 0.15) is 0 Å². The maximum Gasteiger partial charge on any atom is 0.335 e. The van der Waals surface area contributed by atoms with Gasteiger partial charge in [-0.2, -0.15) is 0 Å². The molecule has 0 aromatic heterocycles. The summed E-state index contributed by atoms with van der Waals surface area (Å²) in [6.07, 6.45) is 2.41. The SMILES string of the molecule is COC1CC(NC(=O)NCCc2ccccc2C(=O)O)C1. The number of benzene rings is 1. The van der Waals surface area contributed by atoms with E-state index in [0.29, 0.717) is 18.5 Å². The van der Waals surface area contributed by atoms with Gasteiger partial charge in [-0.15, -0.1) is 0 Å². The minimum absolute atomic E-state index is 0.168. The van der Waals surface area contributed by atoms with Crippen molar-refractivity contribution in [2.24, 2.45) is 0 Å². The number of carbonyl (C=O) groups excluding carboxylic acids is 1. The highest BCUT2D eigenvalue weighted by molar-refractivity contribution is 5.89. The van der Waals surface area contributed by atoms with Crippen molar-refractivity contribution in [1.29, 1.82) is 0 Å². The molecule has 0 spiro atoms. The Kier molecular flexibility index (Phi) is 5.16. The highest BCUT2D eigenvalue weighted by atomic mass is 16.5. The average Bonchev–Trinajstić information content (AvgIpc) is 2.42. The number of aromatic carboxylic acids is 1. The molecule has 2 rings (SSSR count). The van der Waals surface area contributed by atoms with Crippen LogP contribution in [-0.2, 0) is 11.2 Å². The van der Waals surface area contributed by atoms with Crippen LogP contribution in [0, 0.1) is 0 Å². The summed E-state index contributed by atoms with van der Waals surface area (Å²) in [7, 11) is 1.67. The van der Waals surface area contributed by atoms with Crippen LogP contribution >= 0.6 is 0 Å². The first-order valence-electron chi connectivity index (χ1n) is 6.98. The lowest BCUT2D eigenvalue weighted by Gasteiger charge is -2.34. The molecule has 1 aliphatic rings. The topological polar surface area (TPSA) is 87.7 Å². The number of hydrogen-bond donors (Lipinski definition) is 3. The Morgan fingerprint density at radius 2 is 2.05 bits per heavy atom. The average molecular weight is 292 g/mol. The van der Waals surface area contributed by atoms with E-state index in [4.69, 9.17) is 9.84 Å². The molecular formula is C15H20N2O4. The van der Waals surface area contributed by atoms with Gasteiger partial charge in [0.15, 0.2) is 0 Å². The molecule has 0 aliphatic heterocycles. The Balaban J connectivity index is 1.72. The van der Waals surface area contributed by atoms with Gasteiger partial charge in [0.05, 0.1) is 11.7 Å². The third kappa shape index (κ3) is 4.19. The summed E-state index contributed by atoms with van der Waals surface area (Å²) >= 11 is 0. The first-order valence-corrected chi connectivity index (χ1v) is 6.98. The van der Waals surface area contributed by atoms with E-state index in [1.54, 1.807) is 31.4 Å². The molecule has 2 amide bonds. The Morgan fingerprint density at radius 1 is 1.33 bits per heavy atom. The monoisotopic (exact) mass is 292 g/mol. The smallest absolute Gasteiger partial charge is 0.335 e. The van der Waals surface area contributed by atoms with Crippen molar-refractivity contribution < 1.29 is 19.4 Å². The van der Waals surface area contributed by atoms with Gasteiger partial charge in [-0.1, -0.05) is 18.2 Å². The van der Waals surface area contributed by atoms with E-state index in [1.165, 1.54) is 0 Å². The van der Waals surface area contributed by atoms with Crippen molar-refractivity contribution >= 4 is 12.0 Å². The van der Waals surface area contributed by atoms with E-state index >= 15 is 0 Å². The fourth-order valence-corrected chi connectivity index (χ4v) is 2.37. The summed E-state index contributed by atoms with van der Waals surface area (Å²) in [5.74, 6) is -0.949. The second-order valence-electron chi connectivity index (χ2n) is 5.14. The number of methoxy groups -OCH3 is 1. The van der Waals surface area contributed by atoms with Crippen LogP contribution in [0.1, 0.15) is 28.8 Å². The predicted octanol–water partition coefficient (Wildman–Crippen LogP) is 1.40. The molecule has 1 aromatic carbocycles. The second-order valence-corrected chi connectivity index (χ2v) is 5.14. The van der Waals surface area contributed by atoms with Crippen molar-refractivity contribution in [3.63, 3.8) is 0 Å². The summed E-state index contributed by atoms with van der Waals surface area (Å²) in [5, 5.41) is 14.7.